The molecular weight excluding hydrogens is 378 g/mol. The van der Waals surface area contributed by atoms with Crippen LogP contribution in [0.2, 0.25) is 0 Å². The minimum atomic E-state index is -0.454. The van der Waals surface area contributed by atoms with E-state index >= 15 is 0 Å². The maximum Gasteiger partial charge on any atom is 0.410 e. The fourth-order valence-corrected chi connectivity index (χ4v) is 4.14. The summed E-state index contributed by atoms with van der Waals surface area (Å²) in [5, 5.41) is 0. The van der Waals surface area contributed by atoms with E-state index in [4.69, 9.17) is 14.2 Å². The van der Waals surface area contributed by atoms with Gasteiger partial charge in [0, 0.05) is 19.2 Å². The summed E-state index contributed by atoms with van der Waals surface area (Å²) in [6.07, 6.45) is 3.11. The number of allylic oxidation sites excluding steroid dienone is 1. The molecule has 1 fully saturated rings. The second kappa shape index (κ2) is 8.05. The van der Waals surface area contributed by atoms with E-state index in [-0.39, 0.29) is 6.09 Å². The molecule has 1 aliphatic heterocycles. The number of rotatable bonds is 4. The van der Waals surface area contributed by atoms with Crippen LogP contribution in [0.5, 0.6) is 17.2 Å². The third-order valence-electron chi connectivity index (χ3n) is 5.54. The molecule has 2 atom stereocenters. The quantitative estimate of drug-likeness (QED) is 0.647. The van der Waals surface area contributed by atoms with E-state index in [1.807, 2.05) is 62.1 Å². The van der Waals surface area contributed by atoms with Gasteiger partial charge in [0.05, 0.1) is 7.11 Å². The Labute approximate surface area is 178 Å². The van der Waals surface area contributed by atoms with Gasteiger partial charge in [0.15, 0.2) is 0 Å². The van der Waals surface area contributed by atoms with Gasteiger partial charge < -0.3 is 19.1 Å². The lowest BCUT2D eigenvalue weighted by atomic mass is 9.98. The molecule has 0 aromatic heterocycles. The molecule has 1 heterocycles. The minimum absolute atomic E-state index is 0.203. The van der Waals surface area contributed by atoms with Crippen LogP contribution >= 0.6 is 0 Å². The summed E-state index contributed by atoms with van der Waals surface area (Å²) in [5.41, 5.74) is 2.11. The fourth-order valence-electron chi connectivity index (χ4n) is 4.14. The molecule has 0 spiro atoms. The molecule has 0 N–H and O–H groups in total. The number of benzene rings is 2. The second-order valence-electron chi connectivity index (χ2n) is 9.01. The molecule has 1 aliphatic carbocycles. The van der Waals surface area contributed by atoms with Crippen LogP contribution < -0.4 is 9.47 Å². The van der Waals surface area contributed by atoms with Gasteiger partial charge in [0.2, 0.25) is 0 Å². The van der Waals surface area contributed by atoms with Gasteiger partial charge in [0.25, 0.3) is 0 Å². The second-order valence-corrected chi connectivity index (χ2v) is 9.01. The highest BCUT2D eigenvalue weighted by Crippen LogP contribution is 2.41. The number of methoxy groups -OCH3 is 1. The van der Waals surface area contributed by atoms with Crippen molar-refractivity contribution in [1.29, 1.82) is 0 Å². The standard InChI is InChI=1S/C25H29NO4/c1-25(2,3)30-24(27)26-15-19-12-18(13-20(19)16-26)17-8-10-21(11-9-17)29-23-7-5-6-22(14-23)28-4/h5-12,14,19-20H,13,15-16H2,1-4H3/t19?,20-/m0/s1. The number of likely N-dealkylation sites (tertiary alicyclic amines) is 1. The van der Waals surface area contributed by atoms with Gasteiger partial charge >= 0.3 is 6.09 Å². The molecule has 4 rings (SSSR count). The van der Waals surface area contributed by atoms with E-state index in [0.717, 1.165) is 36.8 Å². The van der Waals surface area contributed by atoms with Crippen LogP contribution in [0.1, 0.15) is 32.8 Å². The van der Waals surface area contributed by atoms with Gasteiger partial charge in [0.1, 0.15) is 22.8 Å². The largest absolute Gasteiger partial charge is 0.497 e. The van der Waals surface area contributed by atoms with E-state index in [1.54, 1.807) is 7.11 Å². The first-order valence-corrected chi connectivity index (χ1v) is 10.4. The Kier molecular flexibility index (Phi) is 5.46. The summed E-state index contributed by atoms with van der Waals surface area (Å²) in [7, 11) is 1.64. The molecule has 2 aliphatic rings. The first-order valence-electron chi connectivity index (χ1n) is 10.4. The Morgan fingerprint density at radius 3 is 2.40 bits per heavy atom. The number of carbonyl (C=O) groups is 1. The van der Waals surface area contributed by atoms with Gasteiger partial charge in [-0.05, 0) is 74.4 Å². The van der Waals surface area contributed by atoms with Crippen molar-refractivity contribution in [1.82, 2.24) is 4.90 Å². The van der Waals surface area contributed by atoms with Gasteiger partial charge in [-0.3, -0.25) is 0 Å². The summed E-state index contributed by atoms with van der Waals surface area (Å²) in [4.78, 5) is 14.2. The van der Waals surface area contributed by atoms with Crippen molar-refractivity contribution in [2.75, 3.05) is 20.2 Å². The topological polar surface area (TPSA) is 48.0 Å². The number of nitrogens with zero attached hydrogens (tertiary/aromatic N) is 1. The van der Waals surface area contributed by atoms with Crippen molar-refractivity contribution in [3.05, 3.63) is 60.2 Å². The monoisotopic (exact) mass is 407 g/mol. The number of fused-ring (bicyclic) bond motifs is 1. The zero-order valence-corrected chi connectivity index (χ0v) is 18.1. The maximum atomic E-state index is 12.3. The molecule has 2 aromatic carbocycles. The Balaban J connectivity index is 1.38. The van der Waals surface area contributed by atoms with E-state index in [2.05, 4.69) is 18.2 Å². The first-order chi connectivity index (χ1) is 14.3. The van der Waals surface area contributed by atoms with Gasteiger partial charge in [-0.25, -0.2) is 4.79 Å². The number of amides is 1. The summed E-state index contributed by atoms with van der Waals surface area (Å²) >= 11 is 0. The predicted octanol–water partition coefficient (Wildman–Crippen LogP) is 5.76. The molecule has 2 aromatic rings. The van der Waals surface area contributed by atoms with E-state index in [9.17, 15) is 4.79 Å². The van der Waals surface area contributed by atoms with Gasteiger partial charge in [-0.1, -0.05) is 24.3 Å². The molecule has 5 heteroatoms. The lowest BCUT2D eigenvalue weighted by Gasteiger charge is -2.24. The summed E-state index contributed by atoms with van der Waals surface area (Å²) in [6.45, 7) is 7.21. The zero-order valence-electron chi connectivity index (χ0n) is 18.1. The smallest absolute Gasteiger partial charge is 0.410 e. The number of hydrogen-bond donors (Lipinski definition) is 0. The van der Waals surface area contributed by atoms with Gasteiger partial charge in [-0.2, -0.15) is 0 Å². The van der Waals surface area contributed by atoms with Crippen LogP contribution in [0.3, 0.4) is 0 Å². The first kappa shape index (κ1) is 20.3. The van der Waals surface area contributed by atoms with Crippen LogP contribution in [0.4, 0.5) is 4.79 Å². The van der Waals surface area contributed by atoms with E-state index in [1.165, 1.54) is 11.1 Å². The summed E-state index contributed by atoms with van der Waals surface area (Å²) in [5.74, 6) is 3.19. The van der Waals surface area contributed by atoms with Crippen molar-refractivity contribution in [2.45, 2.75) is 32.8 Å². The highest BCUT2D eigenvalue weighted by molar-refractivity contribution is 5.72. The highest BCUT2D eigenvalue weighted by Gasteiger charge is 2.39. The molecule has 5 nitrogen and oxygen atoms in total. The SMILES string of the molecule is COc1cccc(Oc2ccc(C3=CC4CN(C(=O)OC(C)(C)C)C[C@@H]4C3)cc2)c1. The average molecular weight is 408 g/mol. The lowest BCUT2D eigenvalue weighted by Crippen LogP contribution is -2.35. The van der Waals surface area contributed by atoms with Crippen LogP contribution in [0, 0.1) is 11.8 Å². The molecule has 30 heavy (non-hydrogen) atoms. The zero-order chi connectivity index (χ0) is 21.3. The van der Waals surface area contributed by atoms with E-state index < -0.39 is 5.60 Å². The van der Waals surface area contributed by atoms with Crippen molar-refractivity contribution in [3.63, 3.8) is 0 Å². The number of ether oxygens (including phenoxy) is 3. The summed E-state index contributed by atoms with van der Waals surface area (Å²) in [6, 6.07) is 15.8. The van der Waals surface area contributed by atoms with Crippen molar-refractivity contribution >= 4 is 11.7 Å². The Bertz CT molecular complexity index is 942. The highest BCUT2D eigenvalue weighted by atomic mass is 16.6. The van der Waals surface area contributed by atoms with Crippen LogP contribution in [-0.4, -0.2) is 36.8 Å². The van der Waals surface area contributed by atoms with E-state index in [0.29, 0.717) is 11.8 Å². The third kappa shape index (κ3) is 4.61. The molecular formula is C25H29NO4. The Morgan fingerprint density at radius 2 is 1.73 bits per heavy atom. The molecule has 0 saturated carbocycles. The average Bonchev–Trinajstić information content (AvgIpc) is 3.27. The Hall–Kier alpha value is -2.95. The van der Waals surface area contributed by atoms with Crippen LogP contribution in [0.15, 0.2) is 54.6 Å². The number of hydrogen-bond acceptors (Lipinski definition) is 4. The normalized spacial score (nSPS) is 20.5. The molecule has 1 amide bonds. The fraction of sp³-hybridized carbons (Fsp3) is 0.400. The van der Waals surface area contributed by atoms with Crippen LogP contribution in [0.25, 0.3) is 5.57 Å². The molecule has 158 valence electrons. The Morgan fingerprint density at radius 1 is 1.00 bits per heavy atom. The van der Waals surface area contributed by atoms with Crippen molar-refractivity contribution < 1.29 is 19.0 Å². The minimum Gasteiger partial charge on any atom is -0.497 e. The molecule has 0 radical (unpaired) electrons. The third-order valence-corrected chi connectivity index (χ3v) is 5.54. The lowest BCUT2D eigenvalue weighted by molar-refractivity contribution is 0.0285. The van der Waals surface area contributed by atoms with Crippen molar-refractivity contribution in [3.8, 4) is 17.2 Å². The molecule has 0 bridgehead atoms. The predicted molar refractivity (Wildman–Crippen MR) is 117 cm³/mol. The molecule has 1 unspecified atom stereocenters. The van der Waals surface area contributed by atoms with Crippen LogP contribution in [-0.2, 0) is 4.74 Å². The maximum absolute atomic E-state index is 12.3. The van der Waals surface area contributed by atoms with Gasteiger partial charge in [-0.15, -0.1) is 0 Å². The number of carbonyl (C=O) groups excluding carboxylic acids is 1. The molecule has 1 saturated heterocycles. The van der Waals surface area contributed by atoms with Crippen molar-refractivity contribution in [2.24, 2.45) is 11.8 Å². The summed E-state index contributed by atoms with van der Waals surface area (Å²) < 4.78 is 16.7.